The van der Waals surface area contributed by atoms with Crippen molar-refractivity contribution in [1.29, 1.82) is 0 Å². The Morgan fingerprint density at radius 1 is 1.04 bits per heavy atom. The zero-order chi connectivity index (χ0) is 19.6. The van der Waals surface area contributed by atoms with Gasteiger partial charge in [-0.25, -0.2) is 0 Å². The summed E-state index contributed by atoms with van der Waals surface area (Å²) in [4.78, 5) is 38.4. The Bertz CT molecular complexity index is 756. The lowest BCUT2D eigenvalue weighted by Crippen LogP contribution is -2.43. The third-order valence-electron chi connectivity index (χ3n) is 3.84. The van der Waals surface area contributed by atoms with Crippen LogP contribution in [0.2, 0.25) is 0 Å². The molecule has 0 fully saturated rings. The van der Waals surface area contributed by atoms with Gasteiger partial charge in [0, 0.05) is 29.2 Å². The maximum atomic E-state index is 12.1. The van der Waals surface area contributed by atoms with Crippen molar-refractivity contribution < 1.29 is 19.1 Å². The second kappa shape index (κ2) is 10.3. The van der Waals surface area contributed by atoms with E-state index in [4.69, 9.17) is 4.74 Å². The number of carbonyl (C=O) groups is 3. The fourth-order valence-corrected chi connectivity index (χ4v) is 3.09. The molecular weight excluding hydrogens is 366 g/mol. The minimum Gasteiger partial charge on any atom is -0.455 e. The number of hydrogen-bond acceptors (Lipinski definition) is 6. The lowest BCUT2D eigenvalue weighted by atomic mass is 10.2. The molecule has 1 aromatic heterocycles. The van der Waals surface area contributed by atoms with E-state index in [1.165, 1.54) is 11.3 Å². The summed E-state index contributed by atoms with van der Waals surface area (Å²) >= 11 is 1.44. The van der Waals surface area contributed by atoms with Crippen LogP contribution < -0.4 is 15.8 Å². The van der Waals surface area contributed by atoms with Gasteiger partial charge in [-0.2, -0.15) is 0 Å². The van der Waals surface area contributed by atoms with Gasteiger partial charge in [-0.15, -0.1) is 11.3 Å². The SMILES string of the molecule is CCN(CC)c1ccc(C(=O)NNC(=O)COC(=O)Cc2cccs2)cc1. The number of carbonyl (C=O) groups excluding carboxylic acids is 3. The van der Waals surface area contributed by atoms with Gasteiger partial charge in [-0.3, -0.25) is 25.2 Å². The van der Waals surface area contributed by atoms with Gasteiger partial charge < -0.3 is 9.64 Å². The van der Waals surface area contributed by atoms with Crippen LogP contribution >= 0.6 is 11.3 Å². The van der Waals surface area contributed by atoms with Crippen molar-refractivity contribution in [3.63, 3.8) is 0 Å². The van der Waals surface area contributed by atoms with Gasteiger partial charge in [0.15, 0.2) is 6.61 Å². The van der Waals surface area contributed by atoms with Crippen molar-refractivity contribution >= 4 is 34.8 Å². The minimum atomic E-state index is -0.609. The highest BCUT2D eigenvalue weighted by Gasteiger charge is 2.11. The van der Waals surface area contributed by atoms with Crippen LogP contribution in [0.3, 0.4) is 0 Å². The predicted octanol–water partition coefficient (Wildman–Crippen LogP) is 2.14. The van der Waals surface area contributed by atoms with E-state index in [-0.39, 0.29) is 6.42 Å². The molecule has 0 atom stereocenters. The zero-order valence-corrected chi connectivity index (χ0v) is 16.2. The second-order valence-corrected chi connectivity index (χ2v) is 6.67. The average molecular weight is 389 g/mol. The van der Waals surface area contributed by atoms with Crippen molar-refractivity contribution in [1.82, 2.24) is 10.9 Å². The average Bonchev–Trinajstić information content (AvgIpc) is 3.19. The summed E-state index contributed by atoms with van der Waals surface area (Å²) in [7, 11) is 0. The van der Waals surface area contributed by atoms with Gasteiger partial charge in [0.05, 0.1) is 6.42 Å². The van der Waals surface area contributed by atoms with E-state index in [2.05, 4.69) is 29.6 Å². The van der Waals surface area contributed by atoms with Crippen molar-refractivity contribution in [2.75, 3.05) is 24.6 Å². The summed E-state index contributed by atoms with van der Waals surface area (Å²) in [6, 6.07) is 10.8. The molecule has 0 bridgehead atoms. The topological polar surface area (TPSA) is 87.7 Å². The Morgan fingerprint density at radius 3 is 2.33 bits per heavy atom. The van der Waals surface area contributed by atoms with Gasteiger partial charge in [-0.05, 0) is 49.6 Å². The summed E-state index contributed by atoms with van der Waals surface area (Å²) in [5, 5.41) is 1.86. The van der Waals surface area contributed by atoms with Crippen LogP contribution in [-0.4, -0.2) is 37.5 Å². The monoisotopic (exact) mass is 389 g/mol. The molecule has 8 heteroatoms. The number of ether oxygens (including phenoxy) is 1. The fraction of sp³-hybridized carbons (Fsp3) is 0.316. The molecule has 0 aliphatic heterocycles. The minimum absolute atomic E-state index is 0.121. The molecule has 144 valence electrons. The number of esters is 1. The summed E-state index contributed by atoms with van der Waals surface area (Å²) in [5.74, 6) is -1.55. The lowest BCUT2D eigenvalue weighted by Gasteiger charge is -2.21. The normalized spacial score (nSPS) is 10.1. The Balaban J connectivity index is 1.74. The van der Waals surface area contributed by atoms with E-state index >= 15 is 0 Å². The van der Waals surface area contributed by atoms with E-state index in [0.29, 0.717) is 5.56 Å². The highest BCUT2D eigenvalue weighted by molar-refractivity contribution is 7.10. The molecule has 0 saturated heterocycles. The van der Waals surface area contributed by atoms with Crippen molar-refractivity contribution in [2.45, 2.75) is 20.3 Å². The van der Waals surface area contributed by atoms with Gasteiger partial charge in [0.25, 0.3) is 11.8 Å². The third-order valence-corrected chi connectivity index (χ3v) is 4.71. The van der Waals surface area contributed by atoms with Crippen molar-refractivity contribution in [2.24, 2.45) is 0 Å². The van der Waals surface area contributed by atoms with Crippen LogP contribution in [0.5, 0.6) is 0 Å². The number of thiophene rings is 1. The molecule has 0 aliphatic carbocycles. The fourth-order valence-electron chi connectivity index (χ4n) is 2.40. The van der Waals surface area contributed by atoms with E-state index < -0.39 is 24.4 Å². The maximum absolute atomic E-state index is 12.1. The first-order valence-corrected chi connectivity index (χ1v) is 9.53. The van der Waals surface area contributed by atoms with Gasteiger partial charge in [-0.1, -0.05) is 6.07 Å². The van der Waals surface area contributed by atoms with Crippen molar-refractivity contribution in [3.05, 3.63) is 52.2 Å². The third kappa shape index (κ3) is 6.41. The van der Waals surface area contributed by atoms with E-state index in [1.54, 1.807) is 12.1 Å². The number of nitrogens with one attached hydrogen (secondary N) is 2. The number of amides is 2. The molecule has 0 aliphatic rings. The lowest BCUT2D eigenvalue weighted by molar-refractivity contribution is -0.148. The van der Waals surface area contributed by atoms with Crippen LogP contribution in [0, 0.1) is 0 Å². The van der Waals surface area contributed by atoms with E-state index in [1.807, 2.05) is 29.6 Å². The first kappa shape index (κ1) is 20.4. The summed E-state index contributed by atoms with van der Waals surface area (Å²) < 4.78 is 4.88. The standard InChI is InChI=1S/C19H23N3O4S/c1-3-22(4-2)15-9-7-14(8-10-15)19(25)21-20-17(23)13-26-18(24)12-16-6-5-11-27-16/h5-11H,3-4,12-13H2,1-2H3,(H,20,23)(H,21,25). The largest absolute Gasteiger partial charge is 0.455 e. The number of hydrazine groups is 1. The zero-order valence-electron chi connectivity index (χ0n) is 15.4. The molecule has 0 spiro atoms. The Kier molecular flexibility index (Phi) is 7.81. The number of rotatable bonds is 8. The summed E-state index contributed by atoms with van der Waals surface area (Å²) in [6.45, 7) is 5.43. The first-order chi connectivity index (χ1) is 13.0. The Hall–Kier alpha value is -2.87. The molecule has 0 unspecified atom stereocenters. The molecule has 2 rings (SSSR count). The predicted molar refractivity (Wildman–Crippen MR) is 105 cm³/mol. The number of nitrogens with zero attached hydrogens (tertiary/aromatic N) is 1. The molecule has 2 amide bonds. The molecule has 0 saturated carbocycles. The number of hydrogen-bond donors (Lipinski definition) is 2. The van der Waals surface area contributed by atoms with Crippen LogP contribution in [0.4, 0.5) is 5.69 Å². The first-order valence-electron chi connectivity index (χ1n) is 8.65. The van der Waals surface area contributed by atoms with Crippen LogP contribution in [-0.2, 0) is 20.7 Å². The molecular formula is C19H23N3O4S. The Labute approximate surface area is 162 Å². The number of anilines is 1. The van der Waals surface area contributed by atoms with Gasteiger partial charge in [0.1, 0.15) is 0 Å². The maximum Gasteiger partial charge on any atom is 0.311 e. The van der Waals surface area contributed by atoms with Crippen LogP contribution in [0.25, 0.3) is 0 Å². The van der Waals surface area contributed by atoms with E-state index in [9.17, 15) is 14.4 Å². The highest BCUT2D eigenvalue weighted by atomic mass is 32.1. The molecule has 2 aromatic rings. The quantitative estimate of drug-likeness (QED) is 0.534. The number of benzene rings is 1. The summed E-state index contributed by atoms with van der Waals surface area (Å²) in [6.07, 6.45) is 0.121. The van der Waals surface area contributed by atoms with Crippen LogP contribution in [0.15, 0.2) is 41.8 Å². The molecule has 2 N–H and O–H groups in total. The van der Waals surface area contributed by atoms with Crippen LogP contribution in [0.1, 0.15) is 29.1 Å². The summed E-state index contributed by atoms with van der Waals surface area (Å²) in [5.41, 5.74) is 5.98. The smallest absolute Gasteiger partial charge is 0.311 e. The highest BCUT2D eigenvalue weighted by Crippen LogP contribution is 2.14. The van der Waals surface area contributed by atoms with Crippen molar-refractivity contribution in [3.8, 4) is 0 Å². The Morgan fingerprint density at radius 2 is 1.74 bits per heavy atom. The molecule has 7 nitrogen and oxygen atoms in total. The second-order valence-electron chi connectivity index (χ2n) is 5.64. The van der Waals surface area contributed by atoms with E-state index in [0.717, 1.165) is 23.7 Å². The molecule has 1 aromatic carbocycles. The van der Waals surface area contributed by atoms with Gasteiger partial charge in [0.2, 0.25) is 0 Å². The molecule has 0 radical (unpaired) electrons. The van der Waals surface area contributed by atoms with Gasteiger partial charge >= 0.3 is 5.97 Å². The molecule has 27 heavy (non-hydrogen) atoms. The molecule has 1 heterocycles.